The van der Waals surface area contributed by atoms with Crippen molar-refractivity contribution in [2.24, 2.45) is 0 Å². The minimum absolute atomic E-state index is 0.700. The van der Waals surface area contributed by atoms with Crippen LogP contribution in [0.15, 0.2) is 42.6 Å². The first-order valence-electron chi connectivity index (χ1n) is 6.33. The van der Waals surface area contributed by atoms with Crippen LogP contribution in [0.25, 0.3) is 5.78 Å². The Bertz CT molecular complexity index is 701. The molecule has 0 saturated heterocycles. The van der Waals surface area contributed by atoms with Crippen LogP contribution in [0.4, 0.5) is 5.69 Å². The number of hydrogen-bond donors (Lipinski definition) is 1. The Morgan fingerprint density at radius 1 is 1.11 bits per heavy atom. The molecule has 0 fully saturated rings. The number of nitrogens with one attached hydrogen (secondary N) is 1. The average Bonchev–Trinajstić information content (AvgIpc) is 2.81. The van der Waals surface area contributed by atoms with Gasteiger partial charge in [-0.1, -0.05) is 18.2 Å². The van der Waals surface area contributed by atoms with E-state index in [4.69, 9.17) is 0 Å². The van der Waals surface area contributed by atoms with Gasteiger partial charge in [0.05, 0.1) is 12.2 Å². The van der Waals surface area contributed by atoms with E-state index in [9.17, 15) is 0 Å². The minimum Gasteiger partial charge on any atom is -0.379 e. The van der Waals surface area contributed by atoms with E-state index in [0.29, 0.717) is 6.54 Å². The molecule has 0 amide bonds. The van der Waals surface area contributed by atoms with Crippen molar-refractivity contribution in [1.82, 2.24) is 14.4 Å². The summed E-state index contributed by atoms with van der Waals surface area (Å²) in [5, 5.41) is 3.35. The number of aromatic nitrogens is 3. The SMILES string of the molecule is Cc1cc(C)n2cc(CNc3ccccc3)nc2n1. The number of anilines is 1. The Morgan fingerprint density at radius 2 is 1.89 bits per heavy atom. The van der Waals surface area contributed by atoms with E-state index >= 15 is 0 Å². The van der Waals surface area contributed by atoms with Crippen molar-refractivity contribution in [2.75, 3.05) is 5.32 Å². The van der Waals surface area contributed by atoms with Crippen LogP contribution in [0, 0.1) is 13.8 Å². The number of rotatable bonds is 3. The van der Waals surface area contributed by atoms with Crippen molar-refractivity contribution in [3.63, 3.8) is 0 Å². The number of aryl methyl sites for hydroxylation is 2. The van der Waals surface area contributed by atoms with Crippen LogP contribution in [0.3, 0.4) is 0 Å². The first-order valence-corrected chi connectivity index (χ1v) is 6.33. The summed E-state index contributed by atoms with van der Waals surface area (Å²) in [6.45, 7) is 4.76. The fourth-order valence-electron chi connectivity index (χ4n) is 2.15. The maximum atomic E-state index is 4.54. The summed E-state index contributed by atoms with van der Waals surface area (Å²) in [6, 6.07) is 12.2. The van der Waals surface area contributed by atoms with Gasteiger partial charge in [0.2, 0.25) is 5.78 Å². The lowest BCUT2D eigenvalue weighted by atomic mass is 10.3. The van der Waals surface area contributed by atoms with E-state index in [1.165, 1.54) is 0 Å². The Kier molecular flexibility index (Phi) is 2.91. The van der Waals surface area contributed by atoms with Crippen LogP contribution >= 0.6 is 0 Å². The number of para-hydroxylation sites is 1. The molecule has 0 aliphatic carbocycles. The molecule has 19 heavy (non-hydrogen) atoms. The normalized spacial score (nSPS) is 10.8. The van der Waals surface area contributed by atoms with E-state index in [0.717, 1.165) is 28.5 Å². The highest BCUT2D eigenvalue weighted by Crippen LogP contribution is 2.11. The third kappa shape index (κ3) is 2.42. The van der Waals surface area contributed by atoms with Gasteiger partial charge in [0.1, 0.15) is 0 Å². The summed E-state index contributed by atoms with van der Waals surface area (Å²) >= 11 is 0. The summed E-state index contributed by atoms with van der Waals surface area (Å²) in [4.78, 5) is 8.98. The molecule has 3 aromatic rings. The molecule has 0 aliphatic rings. The second-order valence-electron chi connectivity index (χ2n) is 4.66. The van der Waals surface area contributed by atoms with Crippen molar-refractivity contribution in [2.45, 2.75) is 20.4 Å². The zero-order valence-corrected chi connectivity index (χ0v) is 11.1. The highest BCUT2D eigenvalue weighted by atomic mass is 15.1. The summed E-state index contributed by atoms with van der Waals surface area (Å²) in [5.41, 5.74) is 4.24. The summed E-state index contributed by atoms with van der Waals surface area (Å²) in [7, 11) is 0. The van der Waals surface area contributed by atoms with Crippen molar-refractivity contribution in [3.05, 3.63) is 59.7 Å². The van der Waals surface area contributed by atoms with Gasteiger partial charge < -0.3 is 5.32 Å². The average molecular weight is 252 g/mol. The van der Waals surface area contributed by atoms with E-state index in [1.807, 2.05) is 47.9 Å². The van der Waals surface area contributed by atoms with Crippen molar-refractivity contribution >= 4 is 11.5 Å². The maximum Gasteiger partial charge on any atom is 0.234 e. The molecule has 0 atom stereocenters. The molecule has 2 heterocycles. The van der Waals surface area contributed by atoms with Crippen LogP contribution < -0.4 is 5.32 Å². The van der Waals surface area contributed by atoms with Gasteiger partial charge in [0.15, 0.2) is 0 Å². The molecule has 1 aromatic carbocycles. The first-order chi connectivity index (χ1) is 9.22. The first kappa shape index (κ1) is 11.7. The van der Waals surface area contributed by atoms with Crippen LogP contribution in [0.5, 0.6) is 0 Å². The molecule has 0 saturated carbocycles. The van der Waals surface area contributed by atoms with E-state index in [1.54, 1.807) is 0 Å². The number of imidazole rings is 1. The summed E-state index contributed by atoms with van der Waals surface area (Å²) < 4.78 is 2.02. The molecule has 4 nitrogen and oxygen atoms in total. The fourth-order valence-corrected chi connectivity index (χ4v) is 2.15. The van der Waals surface area contributed by atoms with Gasteiger partial charge in [0, 0.05) is 23.3 Å². The third-order valence-electron chi connectivity index (χ3n) is 3.06. The summed E-state index contributed by atoms with van der Waals surface area (Å²) in [5.74, 6) is 0.766. The zero-order valence-electron chi connectivity index (χ0n) is 11.1. The standard InChI is InChI=1S/C15H16N4/c1-11-8-12(2)19-10-14(18-15(19)17-11)9-16-13-6-4-3-5-7-13/h3-8,10,16H,9H2,1-2H3. The number of nitrogens with zero attached hydrogens (tertiary/aromatic N) is 3. The van der Waals surface area contributed by atoms with Gasteiger partial charge >= 0.3 is 0 Å². The molecule has 1 N–H and O–H groups in total. The maximum absolute atomic E-state index is 4.54. The molecule has 96 valence electrons. The van der Waals surface area contributed by atoms with Gasteiger partial charge in [-0.25, -0.2) is 9.97 Å². The van der Waals surface area contributed by atoms with Gasteiger partial charge in [-0.2, -0.15) is 0 Å². The Morgan fingerprint density at radius 3 is 2.68 bits per heavy atom. The lowest BCUT2D eigenvalue weighted by Gasteiger charge is -2.02. The molecular formula is C15H16N4. The largest absolute Gasteiger partial charge is 0.379 e. The van der Waals surface area contributed by atoms with Gasteiger partial charge in [-0.05, 0) is 32.0 Å². The van der Waals surface area contributed by atoms with Crippen LogP contribution in [0.1, 0.15) is 17.1 Å². The Hall–Kier alpha value is -2.36. The molecule has 2 aromatic heterocycles. The smallest absolute Gasteiger partial charge is 0.234 e. The molecule has 4 heteroatoms. The topological polar surface area (TPSA) is 42.2 Å². The Labute approximate surface area is 112 Å². The predicted molar refractivity (Wildman–Crippen MR) is 76.2 cm³/mol. The van der Waals surface area contributed by atoms with E-state index in [2.05, 4.69) is 28.3 Å². The molecule has 0 radical (unpaired) electrons. The van der Waals surface area contributed by atoms with E-state index in [-0.39, 0.29) is 0 Å². The quantitative estimate of drug-likeness (QED) is 0.779. The van der Waals surface area contributed by atoms with Gasteiger partial charge in [-0.15, -0.1) is 0 Å². The number of benzene rings is 1. The molecule has 0 spiro atoms. The van der Waals surface area contributed by atoms with Crippen molar-refractivity contribution < 1.29 is 0 Å². The van der Waals surface area contributed by atoms with Gasteiger partial charge in [0.25, 0.3) is 0 Å². The van der Waals surface area contributed by atoms with Crippen molar-refractivity contribution in [1.29, 1.82) is 0 Å². The lowest BCUT2D eigenvalue weighted by molar-refractivity contribution is 1.01. The second kappa shape index (κ2) is 4.72. The number of fused-ring (bicyclic) bond motifs is 1. The van der Waals surface area contributed by atoms with Crippen LogP contribution in [-0.2, 0) is 6.54 Å². The Balaban J connectivity index is 1.84. The molecular weight excluding hydrogens is 236 g/mol. The third-order valence-corrected chi connectivity index (χ3v) is 3.06. The minimum atomic E-state index is 0.700. The highest BCUT2D eigenvalue weighted by molar-refractivity contribution is 5.43. The van der Waals surface area contributed by atoms with Crippen LogP contribution in [-0.4, -0.2) is 14.4 Å². The van der Waals surface area contributed by atoms with Crippen LogP contribution in [0.2, 0.25) is 0 Å². The molecule has 0 unspecified atom stereocenters. The monoisotopic (exact) mass is 252 g/mol. The molecule has 0 bridgehead atoms. The van der Waals surface area contributed by atoms with Crippen molar-refractivity contribution in [3.8, 4) is 0 Å². The highest BCUT2D eigenvalue weighted by Gasteiger charge is 2.05. The van der Waals surface area contributed by atoms with Gasteiger partial charge in [-0.3, -0.25) is 4.40 Å². The second-order valence-corrected chi connectivity index (χ2v) is 4.66. The van der Waals surface area contributed by atoms with E-state index < -0.39 is 0 Å². The number of hydrogen-bond acceptors (Lipinski definition) is 3. The predicted octanol–water partition coefficient (Wildman–Crippen LogP) is 2.96. The lowest BCUT2D eigenvalue weighted by Crippen LogP contribution is -1.98. The molecule has 3 rings (SSSR count). The molecule has 0 aliphatic heterocycles. The zero-order chi connectivity index (χ0) is 13.2. The fraction of sp³-hybridized carbons (Fsp3) is 0.200. The summed E-state index contributed by atoms with van der Waals surface area (Å²) in [6.07, 6.45) is 2.03.